The topological polar surface area (TPSA) is 73.1 Å². The molecule has 0 spiro atoms. The van der Waals surface area contributed by atoms with E-state index in [1.54, 1.807) is 6.20 Å². The quantitative estimate of drug-likeness (QED) is 0.323. The van der Waals surface area contributed by atoms with Gasteiger partial charge in [0, 0.05) is 45.5 Å². The van der Waals surface area contributed by atoms with Gasteiger partial charge in [0.25, 0.3) is 0 Å². The number of rotatable bonds is 6. The van der Waals surface area contributed by atoms with Crippen LogP contribution in [0.3, 0.4) is 0 Å². The van der Waals surface area contributed by atoms with E-state index in [4.69, 9.17) is 0 Å². The zero-order valence-corrected chi connectivity index (χ0v) is 17.5. The minimum absolute atomic E-state index is 0.0758. The molecule has 0 amide bonds. The van der Waals surface area contributed by atoms with E-state index < -0.39 is 5.92 Å². The number of hydrogen-bond acceptors (Lipinski definition) is 4. The van der Waals surface area contributed by atoms with Crippen molar-refractivity contribution in [3.63, 3.8) is 0 Å². The van der Waals surface area contributed by atoms with Crippen molar-refractivity contribution < 1.29 is 9.72 Å². The zero-order chi connectivity index (χ0) is 22.3. The van der Waals surface area contributed by atoms with E-state index in [0.29, 0.717) is 24.0 Å². The first kappa shape index (κ1) is 21.2. The summed E-state index contributed by atoms with van der Waals surface area (Å²) < 4.78 is 0. The van der Waals surface area contributed by atoms with Gasteiger partial charge in [-0.15, -0.1) is 0 Å². The molecule has 158 valence electrons. The molecular weight excluding hydrogens is 400 g/mol. The number of nitro groups is 1. The van der Waals surface area contributed by atoms with Gasteiger partial charge in [0.1, 0.15) is 0 Å². The number of Topliss-reactive ketones (excluding diaryl/α,β-unsaturated/α-hetero) is 1. The third-order valence-corrected chi connectivity index (χ3v) is 5.59. The van der Waals surface area contributed by atoms with E-state index in [2.05, 4.69) is 16.8 Å². The molecule has 32 heavy (non-hydrogen) atoms. The number of carbonyl (C=O) groups is 1. The second-order valence-electron chi connectivity index (χ2n) is 7.72. The van der Waals surface area contributed by atoms with Crippen molar-refractivity contribution in [2.75, 3.05) is 6.54 Å². The van der Waals surface area contributed by atoms with Crippen LogP contribution in [0.4, 0.5) is 0 Å². The maximum Gasteiger partial charge on any atom is 0.211 e. The molecule has 0 N–H and O–H groups in total. The number of aromatic nitrogens is 1. The molecule has 1 unspecified atom stereocenters. The first-order chi connectivity index (χ1) is 15.6. The van der Waals surface area contributed by atoms with E-state index in [9.17, 15) is 14.9 Å². The maximum absolute atomic E-state index is 13.4. The lowest BCUT2D eigenvalue weighted by atomic mass is 9.83. The molecule has 1 heterocycles. The lowest BCUT2D eigenvalue weighted by Gasteiger charge is -2.20. The van der Waals surface area contributed by atoms with Gasteiger partial charge in [0.05, 0.1) is 5.92 Å². The molecule has 5 nitrogen and oxygen atoms in total. The van der Waals surface area contributed by atoms with Crippen molar-refractivity contribution in [2.24, 2.45) is 0 Å². The first-order valence-electron chi connectivity index (χ1n) is 10.6. The molecule has 2 aromatic carbocycles. The summed E-state index contributed by atoms with van der Waals surface area (Å²) in [5.74, 6) is 5.80. The third kappa shape index (κ3) is 4.98. The average molecular weight is 422 g/mol. The van der Waals surface area contributed by atoms with Gasteiger partial charge in [-0.3, -0.25) is 19.9 Å². The third-order valence-electron chi connectivity index (χ3n) is 5.59. The molecule has 0 saturated carbocycles. The van der Waals surface area contributed by atoms with Crippen molar-refractivity contribution in [2.45, 2.75) is 25.2 Å². The Labute approximate surface area is 187 Å². The Morgan fingerprint density at radius 1 is 0.969 bits per heavy atom. The predicted molar refractivity (Wildman–Crippen MR) is 123 cm³/mol. The highest BCUT2D eigenvalue weighted by atomic mass is 16.6. The number of pyridine rings is 1. The van der Waals surface area contributed by atoms with Gasteiger partial charge >= 0.3 is 0 Å². The van der Waals surface area contributed by atoms with Gasteiger partial charge < -0.3 is 0 Å². The minimum atomic E-state index is -0.482. The number of carbonyl (C=O) groups excluding carboxylic acids is 1. The van der Waals surface area contributed by atoms with Gasteiger partial charge in [-0.25, -0.2) is 0 Å². The summed E-state index contributed by atoms with van der Waals surface area (Å²) in [5.41, 5.74) is 4.77. The molecule has 1 aromatic heterocycles. The molecular formula is C27H22N2O3. The van der Waals surface area contributed by atoms with E-state index in [-0.39, 0.29) is 23.7 Å². The Hall–Kier alpha value is -4.04. The van der Waals surface area contributed by atoms with Gasteiger partial charge in [-0.05, 0) is 36.6 Å². The fraction of sp³-hybridized carbons (Fsp3) is 0.185. The van der Waals surface area contributed by atoms with Crippen LogP contribution in [-0.4, -0.2) is 22.2 Å². The Morgan fingerprint density at radius 2 is 1.69 bits per heavy atom. The molecule has 0 bridgehead atoms. The Morgan fingerprint density at radius 3 is 2.41 bits per heavy atom. The summed E-state index contributed by atoms with van der Waals surface area (Å²) in [6.07, 6.45) is 3.00. The molecule has 4 rings (SSSR count). The smallest absolute Gasteiger partial charge is 0.211 e. The predicted octanol–water partition coefficient (Wildman–Crippen LogP) is 4.85. The molecule has 1 atom stereocenters. The van der Waals surface area contributed by atoms with E-state index in [1.807, 2.05) is 72.8 Å². The number of hydrogen-bond donors (Lipinski definition) is 0. The lowest BCUT2D eigenvalue weighted by Crippen LogP contribution is -2.20. The highest BCUT2D eigenvalue weighted by molar-refractivity contribution is 6.07. The fourth-order valence-electron chi connectivity index (χ4n) is 4.01. The van der Waals surface area contributed by atoms with Crippen LogP contribution in [0.5, 0.6) is 0 Å². The van der Waals surface area contributed by atoms with Gasteiger partial charge in [0.2, 0.25) is 6.54 Å². The summed E-state index contributed by atoms with van der Waals surface area (Å²) in [5, 5.41) is 11.3. The van der Waals surface area contributed by atoms with Gasteiger partial charge in [-0.1, -0.05) is 66.4 Å². The lowest BCUT2D eigenvalue weighted by molar-refractivity contribution is -0.483. The van der Waals surface area contributed by atoms with Crippen LogP contribution in [0.2, 0.25) is 0 Å². The number of benzene rings is 2. The van der Waals surface area contributed by atoms with Crippen molar-refractivity contribution in [1.82, 2.24) is 4.98 Å². The Bertz CT molecular complexity index is 1220. The zero-order valence-electron chi connectivity index (χ0n) is 17.5. The molecule has 1 aliphatic carbocycles. The molecule has 5 heteroatoms. The minimum Gasteiger partial charge on any atom is -0.294 e. The number of fused-ring (bicyclic) bond motifs is 1. The standard InChI is InChI=1S/C27H22N2O3/c30-27(18-22(19-29(31)32)21-10-5-2-6-11-21)25-15-16-26-24(12-7-17-28-26)23(25)14-13-20-8-3-1-4-9-20/h1-12,17,22H,15-16,18-19H2. The summed E-state index contributed by atoms with van der Waals surface area (Å²) in [6.45, 7) is -0.286. The van der Waals surface area contributed by atoms with Crippen LogP contribution in [-0.2, 0) is 11.2 Å². The highest BCUT2D eigenvalue weighted by Crippen LogP contribution is 2.33. The Kier molecular flexibility index (Phi) is 6.52. The summed E-state index contributed by atoms with van der Waals surface area (Å²) in [7, 11) is 0. The van der Waals surface area contributed by atoms with E-state index in [1.165, 1.54) is 0 Å². The van der Waals surface area contributed by atoms with Crippen LogP contribution in [0, 0.1) is 22.0 Å². The second kappa shape index (κ2) is 9.84. The molecule has 0 radical (unpaired) electrons. The fourth-order valence-corrected chi connectivity index (χ4v) is 4.01. The normalized spacial score (nSPS) is 13.5. The van der Waals surface area contributed by atoms with E-state index >= 15 is 0 Å². The maximum atomic E-state index is 13.4. The number of allylic oxidation sites excluding steroid dienone is 2. The Balaban J connectivity index is 1.72. The van der Waals surface area contributed by atoms with Crippen LogP contribution in [0.15, 0.2) is 84.6 Å². The summed E-state index contributed by atoms with van der Waals surface area (Å²) >= 11 is 0. The van der Waals surface area contributed by atoms with Crippen molar-refractivity contribution in [3.8, 4) is 11.8 Å². The number of aryl methyl sites for hydroxylation is 1. The van der Waals surface area contributed by atoms with Crippen molar-refractivity contribution in [1.29, 1.82) is 0 Å². The van der Waals surface area contributed by atoms with Crippen LogP contribution in [0.1, 0.15) is 41.1 Å². The van der Waals surface area contributed by atoms with Gasteiger partial charge in [-0.2, -0.15) is 0 Å². The molecule has 0 saturated heterocycles. The van der Waals surface area contributed by atoms with Crippen LogP contribution in [0.25, 0.3) is 5.57 Å². The molecule has 0 aliphatic heterocycles. The number of ketones is 1. The highest BCUT2D eigenvalue weighted by Gasteiger charge is 2.27. The summed E-state index contributed by atoms with van der Waals surface area (Å²) in [4.78, 5) is 28.8. The first-order valence-corrected chi connectivity index (χ1v) is 10.6. The molecule has 1 aliphatic rings. The van der Waals surface area contributed by atoms with Gasteiger partial charge in [0.15, 0.2) is 5.78 Å². The largest absolute Gasteiger partial charge is 0.294 e. The second-order valence-corrected chi connectivity index (χ2v) is 7.72. The van der Waals surface area contributed by atoms with Crippen molar-refractivity contribution >= 4 is 11.4 Å². The molecule has 0 fully saturated rings. The number of nitrogens with zero attached hydrogens (tertiary/aromatic N) is 2. The average Bonchev–Trinajstić information content (AvgIpc) is 2.83. The van der Waals surface area contributed by atoms with Crippen LogP contribution < -0.4 is 0 Å². The van der Waals surface area contributed by atoms with E-state index in [0.717, 1.165) is 22.4 Å². The van der Waals surface area contributed by atoms with Crippen molar-refractivity contribution in [3.05, 3.63) is 117 Å². The monoisotopic (exact) mass is 422 g/mol. The SMILES string of the molecule is O=C(CC(C[N+](=O)[O-])c1ccccc1)C1=C(C#Cc2ccccc2)c2cccnc2CC1. The molecule has 3 aromatic rings. The summed E-state index contributed by atoms with van der Waals surface area (Å²) in [6, 6.07) is 22.6. The van der Waals surface area contributed by atoms with Crippen LogP contribution >= 0.6 is 0 Å².